The molecule has 0 bridgehead atoms. The summed E-state index contributed by atoms with van der Waals surface area (Å²) in [6.45, 7) is 0.441. The number of para-hydroxylation sites is 1. The molecule has 0 fully saturated rings. The molecule has 0 aliphatic heterocycles. The van der Waals surface area contributed by atoms with Crippen LogP contribution in [0.5, 0.6) is 0 Å². The Hall–Kier alpha value is -1.50. The number of rotatable bonds is 5. The van der Waals surface area contributed by atoms with Crippen LogP contribution in [-0.2, 0) is 11.3 Å². The summed E-state index contributed by atoms with van der Waals surface area (Å²) in [6, 6.07) is 10.8. The van der Waals surface area contributed by atoms with Gasteiger partial charge in [-0.2, -0.15) is 0 Å². The van der Waals surface area contributed by atoms with Gasteiger partial charge in [0, 0.05) is 23.9 Å². The summed E-state index contributed by atoms with van der Waals surface area (Å²) < 4.78 is 19.8. The quantitative estimate of drug-likeness (QED) is 0.779. The third kappa shape index (κ3) is 3.58. The van der Waals surface area contributed by atoms with Crippen LogP contribution in [0.1, 0.15) is 11.1 Å². The Labute approximate surface area is 136 Å². The van der Waals surface area contributed by atoms with E-state index in [4.69, 9.17) is 22.7 Å². The Morgan fingerprint density at radius 1 is 1.29 bits per heavy atom. The zero-order valence-corrected chi connectivity index (χ0v) is 13.7. The van der Waals surface area contributed by atoms with E-state index >= 15 is 0 Å². The smallest absolute Gasteiger partial charge is 0.161 e. The fourth-order valence-electron chi connectivity index (χ4n) is 1.91. The van der Waals surface area contributed by atoms with E-state index in [0.29, 0.717) is 17.9 Å². The van der Waals surface area contributed by atoms with E-state index in [-0.39, 0.29) is 9.46 Å². The third-order valence-corrected chi connectivity index (χ3v) is 3.93. The summed E-state index contributed by atoms with van der Waals surface area (Å²) in [5, 5.41) is 3.06. The second-order valence-electron chi connectivity index (χ2n) is 4.37. The monoisotopic (exact) mass is 368 g/mol. The minimum Gasteiger partial charge on any atom is -0.389 e. The highest BCUT2D eigenvalue weighted by Crippen LogP contribution is 2.30. The Morgan fingerprint density at radius 3 is 2.67 bits per heavy atom. The number of halogens is 2. The molecule has 0 heterocycles. The number of methoxy groups -OCH3 is 1. The minimum absolute atomic E-state index is 0.145. The Balaban J connectivity index is 2.37. The van der Waals surface area contributed by atoms with Crippen molar-refractivity contribution < 1.29 is 9.13 Å². The molecule has 3 N–H and O–H groups in total. The van der Waals surface area contributed by atoms with Gasteiger partial charge >= 0.3 is 0 Å². The SMILES string of the molecule is COCc1ccccc1Nc1ccc(C(N)=S)c(Br)c1F. The van der Waals surface area contributed by atoms with Crippen LogP contribution in [0.3, 0.4) is 0 Å². The van der Waals surface area contributed by atoms with Crippen molar-refractivity contribution >= 4 is 44.5 Å². The van der Waals surface area contributed by atoms with Gasteiger partial charge in [0.15, 0.2) is 5.82 Å². The Bertz CT molecular complexity index is 679. The summed E-state index contributed by atoms with van der Waals surface area (Å²) in [5.41, 5.74) is 8.08. The van der Waals surface area contributed by atoms with Crippen LogP contribution in [0, 0.1) is 5.82 Å². The molecule has 0 aliphatic rings. The standard InChI is InChI=1S/C15H14BrFN2OS/c1-20-8-9-4-2-3-5-11(9)19-12-7-6-10(15(18)21)13(16)14(12)17/h2-7,19H,8H2,1H3,(H2,18,21). The lowest BCUT2D eigenvalue weighted by Crippen LogP contribution is -2.11. The molecule has 2 rings (SSSR count). The van der Waals surface area contributed by atoms with Crippen LogP contribution in [0.4, 0.5) is 15.8 Å². The molecule has 0 radical (unpaired) electrons. The Kier molecular flexibility index (Phi) is 5.27. The zero-order valence-electron chi connectivity index (χ0n) is 11.3. The number of nitrogens with two attached hydrogens (primary N) is 1. The van der Waals surface area contributed by atoms with Crippen LogP contribution in [0.15, 0.2) is 40.9 Å². The third-order valence-electron chi connectivity index (χ3n) is 2.93. The summed E-state index contributed by atoms with van der Waals surface area (Å²) >= 11 is 8.07. The summed E-state index contributed by atoms with van der Waals surface area (Å²) in [6.07, 6.45) is 0. The summed E-state index contributed by atoms with van der Waals surface area (Å²) in [4.78, 5) is 0.145. The van der Waals surface area contributed by atoms with E-state index in [1.807, 2.05) is 24.3 Å². The number of benzene rings is 2. The lowest BCUT2D eigenvalue weighted by molar-refractivity contribution is 0.185. The fourth-order valence-corrected chi connectivity index (χ4v) is 2.77. The maximum Gasteiger partial charge on any atom is 0.161 e. The van der Waals surface area contributed by atoms with Gasteiger partial charge < -0.3 is 15.8 Å². The average Bonchev–Trinajstić information content (AvgIpc) is 2.46. The van der Waals surface area contributed by atoms with E-state index in [0.717, 1.165) is 11.3 Å². The molecule has 0 aromatic heterocycles. The van der Waals surface area contributed by atoms with Gasteiger partial charge in [-0.15, -0.1) is 0 Å². The van der Waals surface area contributed by atoms with Gasteiger partial charge in [0.1, 0.15) is 4.99 Å². The van der Waals surface area contributed by atoms with Crippen molar-refractivity contribution in [1.82, 2.24) is 0 Å². The molecular formula is C15H14BrFN2OS. The van der Waals surface area contributed by atoms with Crippen molar-refractivity contribution in [3.8, 4) is 0 Å². The van der Waals surface area contributed by atoms with Crippen molar-refractivity contribution in [1.29, 1.82) is 0 Å². The van der Waals surface area contributed by atoms with Gasteiger partial charge in [-0.05, 0) is 34.1 Å². The molecule has 0 aliphatic carbocycles. The van der Waals surface area contributed by atoms with Gasteiger partial charge in [0.25, 0.3) is 0 Å². The van der Waals surface area contributed by atoms with Crippen molar-refractivity contribution in [2.24, 2.45) is 5.73 Å². The molecule has 0 saturated carbocycles. The number of hydrogen-bond acceptors (Lipinski definition) is 3. The molecule has 3 nitrogen and oxygen atoms in total. The summed E-state index contributed by atoms with van der Waals surface area (Å²) in [5.74, 6) is -0.437. The molecule has 6 heteroatoms. The number of ether oxygens (including phenoxy) is 1. The van der Waals surface area contributed by atoms with Gasteiger partial charge in [-0.1, -0.05) is 30.4 Å². The first kappa shape index (κ1) is 15.9. The van der Waals surface area contributed by atoms with Crippen LogP contribution in [0.2, 0.25) is 0 Å². The van der Waals surface area contributed by atoms with Gasteiger partial charge in [-0.3, -0.25) is 0 Å². The fraction of sp³-hybridized carbons (Fsp3) is 0.133. The lowest BCUT2D eigenvalue weighted by atomic mass is 10.1. The zero-order chi connectivity index (χ0) is 15.4. The van der Waals surface area contributed by atoms with Crippen LogP contribution < -0.4 is 11.1 Å². The van der Waals surface area contributed by atoms with Crippen LogP contribution >= 0.6 is 28.1 Å². The van der Waals surface area contributed by atoms with E-state index in [1.54, 1.807) is 19.2 Å². The lowest BCUT2D eigenvalue weighted by Gasteiger charge is -2.14. The molecule has 21 heavy (non-hydrogen) atoms. The molecular weight excluding hydrogens is 355 g/mol. The highest BCUT2D eigenvalue weighted by molar-refractivity contribution is 9.10. The number of hydrogen-bond donors (Lipinski definition) is 2. The van der Waals surface area contributed by atoms with E-state index in [2.05, 4.69) is 21.2 Å². The number of thiocarbonyl (C=S) groups is 1. The molecule has 0 amide bonds. The molecule has 0 spiro atoms. The first-order valence-electron chi connectivity index (χ1n) is 6.16. The van der Waals surface area contributed by atoms with Gasteiger partial charge in [0.05, 0.1) is 16.8 Å². The van der Waals surface area contributed by atoms with Crippen molar-refractivity contribution in [2.75, 3.05) is 12.4 Å². The first-order chi connectivity index (χ1) is 10.0. The maximum absolute atomic E-state index is 14.4. The summed E-state index contributed by atoms with van der Waals surface area (Å²) in [7, 11) is 1.62. The van der Waals surface area contributed by atoms with Crippen LogP contribution in [-0.4, -0.2) is 12.1 Å². The predicted molar refractivity (Wildman–Crippen MR) is 90.4 cm³/mol. The second-order valence-corrected chi connectivity index (χ2v) is 5.60. The first-order valence-corrected chi connectivity index (χ1v) is 7.36. The van der Waals surface area contributed by atoms with Crippen LogP contribution in [0.25, 0.3) is 0 Å². The normalized spacial score (nSPS) is 10.4. The minimum atomic E-state index is -0.437. The molecule has 0 atom stereocenters. The van der Waals surface area contributed by atoms with E-state index in [9.17, 15) is 4.39 Å². The molecule has 2 aromatic carbocycles. The molecule has 0 unspecified atom stereocenters. The van der Waals surface area contributed by atoms with Gasteiger partial charge in [0.2, 0.25) is 0 Å². The van der Waals surface area contributed by atoms with Gasteiger partial charge in [-0.25, -0.2) is 4.39 Å². The largest absolute Gasteiger partial charge is 0.389 e. The number of anilines is 2. The molecule has 110 valence electrons. The van der Waals surface area contributed by atoms with E-state index < -0.39 is 5.82 Å². The topological polar surface area (TPSA) is 47.3 Å². The molecule has 0 saturated heterocycles. The average molecular weight is 369 g/mol. The highest BCUT2D eigenvalue weighted by atomic mass is 79.9. The predicted octanol–water partition coefficient (Wildman–Crippen LogP) is 4.11. The maximum atomic E-state index is 14.4. The number of nitrogens with one attached hydrogen (secondary N) is 1. The van der Waals surface area contributed by atoms with Crippen molar-refractivity contribution in [3.63, 3.8) is 0 Å². The highest BCUT2D eigenvalue weighted by Gasteiger charge is 2.13. The van der Waals surface area contributed by atoms with E-state index in [1.165, 1.54) is 0 Å². The second kappa shape index (κ2) is 6.98. The molecule has 2 aromatic rings. The Morgan fingerprint density at radius 2 is 2.00 bits per heavy atom. The van der Waals surface area contributed by atoms with Crippen molar-refractivity contribution in [2.45, 2.75) is 6.61 Å². The van der Waals surface area contributed by atoms with Crippen molar-refractivity contribution in [3.05, 3.63) is 57.8 Å².